The SMILES string of the molecule is CSCC[C@@H](NC(=O)[C@H](CN(C)C)NC(=O)OCC1c2ccccc2-c2ccccc21)C(=O)O. The molecule has 2 aromatic rings. The highest BCUT2D eigenvalue weighted by molar-refractivity contribution is 7.98. The van der Waals surface area contributed by atoms with Gasteiger partial charge in [0.1, 0.15) is 18.7 Å². The Labute approximate surface area is 204 Å². The summed E-state index contributed by atoms with van der Waals surface area (Å²) in [6, 6.07) is 14.1. The van der Waals surface area contributed by atoms with E-state index in [1.54, 1.807) is 19.0 Å². The molecule has 1 aliphatic carbocycles. The number of amides is 2. The van der Waals surface area contributed by atoms with Crippen LogP contribution in [0.2, 0.25) is 0 Å². The molecular formula is C25H31N3O5S. The van der Waals surface area contributed by atoms with Gasteiger partial charge in [0.15, 0.2) is 0 Å². The molecule has 34 heavy (non-hydrogen) atoms. The molecule has 0 unspecified atom stereocenters. The Balaban J connectivity index is 1.65. The third kappa shape index (κ3) is 6.30. The zero-order valence-corrected chi connectivity index (χ0v) is 20.4. The molecule has 182 valence electrons. The number of thioether (sulfide) groups is 1. The molecule has 2 aromatic carbocycles. The van der Waals surface area contributed by atoms with Gasteiger partial charge in [0.2, 0.25) is 5.91 Å². The fourth-order valence-electron chi connectivity index (χ4n) is 4.11. The van der Waals surface area contributed by atoms with Gasteiger partial charge in [-0.1, -0.05) is 48.5 Å². The van der Waals surface area contributed by atoms with Crippen LogP contribution in [0.4, 0.5) is 4.79 Å². The first kappa shape index (κ1) is 25.6. The summed E-state index contributed by atoms with van der Waals surface area (Å²) in [5.41, 5.74) is 4.44. The van der Waals surface area contributed by atoms with Crippen LogP contribution in [-0.2, 0) is 14.3 Å². The summed E-state index contributed by atoms with van der Waals surface area (Å²) in [7, 11) is 3.53. The van der Waals surface area contributed by atoms with Gasteiger partial charge in [0.05, 0.1) is 0 Å². The van der Waals surface area contributed by atoms with Crippen molar-refractivity contribution < 1.29 is 24.2 Å². The second kappa shape index (κ2) is 11.9. The van der Waals surface area contributed by atoms with E-state index in [1.165, 1.54) is 11.8 Å². The van der Waals surface area contributed by atoms with Crippen LogP contribution >= 0.6 is 11.8 Å². The molecule has 0 saturated carbocycles. The fraction of sp³-hybridized carbons (Fsp3) is 0.400. The Morgan fingerprint density at radius 1 is 1.00 bits per heavy atom. The Kier molecular flexibility index (Phi) is 8.95. The van der Waals surface area contributed by atoms with Crippen LogP contribution in [0.3, 0.4) is 0 Å². The molecule has 9 heteroatoms. The van der Waals surface area contributed by atoms with Gasteiger partial charge in [-0.3, -0.25) is 4.79 Å². The Morgan fingerprint density at radius 2 is 1.59 bits per heavy atom. The molecule has 1 aliphatic rings. The van der Waals surface area contributed by atoms with Crippen molar-refractivity contribution >= 4 is 29.7 Å². The summed E-state index contributed by atoms with van der Waals surface area (Å²) in [6.07, 6.45) is 1.44. The summed E-state index contributed by atoms with van der Waals surface area (Å²) >= 11 is 1.50. The van der Waals surface area contributed by atoms with Crippen LogP contribution < -0.4 is 10.6 Å². The number of alkyl carbamates (subject to hydrolysis) is 1. The van der Waals surface area contributed by atoms with Crippen LogP contribution in [-0.4, -0.2) is 79.3 Å². The number of benzene rings is 2. The van der Waals surface area contributed by atoms with Crippen molar-refractivity contribution in [1.82, 2.24) is 15.5 Å². The van der Waals surface area contributed by atoms with Gasteiger partial charge in [0, 0.05) is 12.5 Å². The zero-order valence-electron chi connectivity index (χ0n) is 19.6. The third-order valence-electron chi connectivity index (χ3n) is 5.73. The first-order chi connectivity index (χ1) is 16.3. The average Bonchev–Trinajstić information content (AvgIpc) is 3.13. The van der Waals surface area contributed by atoms with Gasteiger partial charge in [-0.05, 0) is 54.8 Å². The van der Waals surface area contributed by atoms with E-state index in [4.69, 9.17) is 4.74 Å². The van der Waals surface area contributed by atoms with Crippen molar-refractivity contribution in [3.63, 3.8) is 0 Å². The second-order valence-electron chi connectivity index (χ2n) is 8.47. The zero-order chi connectivity index (χ0) is 24.7. The number of rotatable bonds is 11. The number of carbonyl (C=O) groups excluding carboxylic acids is 2. The number of hydrogen-bond acceptors (Lipinski definition) is 6. The maximum absolute atomic E-state index is 12.8. The van der Waals surface area contributed by atoms with Crippen LogP contribution in [0.25, 0.3) is 11.1 Å². The number of aliphatic carboxylic acids is 1. The first-order valence-electron chi connectivity index (χ1n) is 11.1. The second-order valence-corrected chi connectivity index (χ2v) is 9.45. The largest absolute Gasteiger partial charge is 0.480 e. The van der Waals surface area contributed by atoms with Gasteiger partial charge in [-0.25, -0.2) is 9.59 Å². The average molecular weight is 486 g/mol. The number of likely N-dealkylation sites (N-methyl/N-ethyl adjacent to an activating group) is 1. The maximum Gasteiger partial charge on any atom is 0.407 e. The highest BCUT2D eigenvalue weighted by Crippen LogP contribution is 2.44. The number of hydrogen-bond donors (Lipinski definition) is 3. The normalized spacial score (nSPS) is 14.1. The molecule has 0 aromatic heterocycles. The molecule has 3 rings (SSSR count). The van der Waals surface area contributed by atoms with E-state index in [9.17, 15) is 19.5 Å². The summed E-state index contributed by atoms with van der Waals surface area (Å²) in [6.45, 7) is 0.326. The Bertz CT molecular complexity index is 984. The lowest BCUT2D eigenvalue weighted by atomic mass is 9.98. The molecule has 0 heterocycles. The quantitative estimate of drug-likeness (QED) is 0.449. The smallest absolute Gasteiger partial charge is 0.407 e. The standard InChI is InChI=1S/C25H31N3O5S/c1-28(2)14-22(23(29)26-21(24(30)31)12-13-34-3)27-25(32)33-15-20-18-10-6-4-8-16(18)17-9-5-7-11-19(17)20/h4-11,20-22H,12-15H2,1-3H3,(H,26,29)(H,27,32)(H,30,31)/t21-,22+/m1/s1. The Morgan fingerprint density at radius 3 is 2.12 bits per heavy atom. The van der Waals surface area contributed by atoms with Crippen LogP contribution in [0.15, 0.2) is 48.5 Å². The topological polar surface area (TPSA) is 108 Å². The van der Waals surface area contributed by atoms with Crippen molar-refractivity contribution in [3.05, 3.63) is 59.7 Å². The summed E-state index contributed by atoms with van der Waals surface area (Å²) in [5, 5.41) is 14.6. The summed E-state index contributed by atoms with van der Waals surface area (Å²) < 4.78 is 5.55. The van der Waals surface area contributed by atoms with Crippen molar-refractivity contribution in [1.29, 1.82) is 0 Å². The molecule has 3 N–H and O–H groups in total. The van der Waals surface area contributed by atoms with Crippen molar-refractivity contribution in [2.75, 3.05) is 39.3 Å². The van der Waals surface area contributed by atoms with E-state index >= 15 is 0 Å². The molecule has 0 aliphatic heterocycles. The molecule has 0 spiro atoms. The molecule has 8 nitrogen and oxygen atoms in total. The lowest BCUT2D eigenvalue weighted by Gasteiger charge is -2.24. The molecule has 2 amide bonds. The number of nitrogens with zero attached hydrogens (tertiary/aromatic N) is 1. The number of ether oxygens (including phenoxy) is 1. The van der Waals surface area contributed by atoms with Gasteiger partial charge in [-0.2, -0.15) is 11.8 Å². The molecule has 2 atom stereocenters. The number of fused-ring (bicyclic) bond motifs is 3. The van der Waals surface area contributed by atoms with E-state index in [-0.39, 0.29) is 19.1 Å². The molecule has 0 bridgehead atoms. The third-order valence-corrected chi connectivity index (χ3v) is 6.37. The minimum Gasteiger partial charge on any atom is -0.480 e. The van der Waals surface area contributed by atoms with E-state index in [2.05, 4.69) is 22.8 Å². The number of carbonyl (C=O) groups is 3. The monoisotopic (exact) mass is 485 g/mol. The lowest BCUT2D eigenvalue weighted by Crippen LogP contribution is -2.55. The van der Waals surface area contributed by atoms with E-state index in [0.717, 1.165) is 22.3 Å². The van der Waals surface area contributed by atoms with Gasteiger partial charge in [-0.15, -0.1) is 0 Å². The van der Waals surface area contributed by atoms with Gasteiger partial charge in [0.25, 0.3) is 0 Å². The molecule has 0 fully saturated rings. The predicted octanol–water partition coefficient (Wildman–Crippen LogP) is 2.78. The van der Waals surface area contributed by atoms with Crippen molar-refractivity contribution in [2.45, 2.75) is 24.4 Å². The van der Waals surface area contributed by atoms with Gasteiger partial charge < -0.3 is 25.4 Å². The highest BCUT2D eigenvalue weighted by atomic mass is 32.2. The lowest BCUT2D eigenvalue weighted by molar-refractivity contribution is -0.142. The minimum atomic E-state index is -1.10. The Hall–Kier alpha value is -3.04. The number of nitrogens with one attached hydrogen (secondary N) is 2. The summed E-state index contributed by atoms with van der Waals surface area (Å²) in [5.74, 6) is -1.17. The number of carboxylic acids is 1. The maximum atomic E-state index is 12.8. The van der Waals surface area contributed by atoms with E-state index in [0.29, 0.717) is 12.2 Å². The number of carboxylic acid groups (broad SMARTS) is 1. The predicted molar refractivity (Wildman–Crippen MR) is 133 cm³/mol. The van der Waals surface area contributed by atoms with E-state index < -0.39 is 30.1 Å². The summed E-state index contributed by atoms with van der Waals surface area (Å²) in [4.78, 5) is 38.7. The van der Waals surface area contributed by atoms with E-state index in [1.807, 2.05) is 42.7 Å². The minimum absolute atomic E-state index is 0.0952. The van der Waals surface area contributed by atoms with Crippen molar-refractivity contribution in [2.24, 2.45) is 0 Å². The fourth-order valence-corrected chi connectivity index (χ4v) is 4.58. The first-order valence-corrected chi connectivity index (χ1v) is 12.5. The van der Waals surface area contributed by atoms with Crippen LogP contribution in [0.1, 0.15) is 23.5 Å². The molecular weight excluding hydrogens is 454 g/mol. The van der Waals surface area contributed by atoms with Crippen LogP contribution in [0.5, 0.6) is 0 Å². The van der Waals surface area contributed by atoms with Crippen LogP contribution in [0, 0.1) is 0 Å². The van der Waals surface area contributed by atoms with Crippen molar-refractivity contribution in [3.8, 4) is 11.1 Å². The molecule has 0 radical (unpaired) electrons. The van der Waals surface area contributed by atoms with Gasteiger partial charge >= 0.3 is 12.1 Å². The highest BCUT2D eigenvalue weighted by Gasteiger charge is 2.30. The molecule has 0 saturated heterocycles.